The maximum atomic E-state index is 5.65. The predicted molar refractivity (Wildman–Crippen MR) is 71.8 cm³/mol. The molecule has 0 aromatic carbocycles. The molecule has 2 aromatic heterocycles. The molecular weight excluding hydrogens is 228 g/mol. The van der Waals surface area contributed by atoms with Crippen LogP contribution < -0.4 is 16.0 Å². The van der Waals surface area contributed by atoms with Crippen LogP contribution in [-0.4, -0.2) is 40.8 Å². The van der Waals surface area contributed by atoms with Crippen molar-refractivity contribution in [1.29, 1.82) is 0 Å². The molecule has 6 nitrogen and oxygen atoms in total. The summed E-state index contributed by atoms with van der Waals surface area (Å²) >= 11 is 0. The van der Waals surface area contributed by atoms with Crippen LogP contribution in [0.15, 0.2) is 12.3 Å². The fourth-order valence-electron chi connectivity index (χ4n) is 2.42. The minimum Gasteiger partial charge on any atom is -0.369 e. The molecule has 0 aliphatic carbocycles. The van der Waals surface area contributed by atoms with Crippen molar-refractivity contribution in [3.05, 3.63) is 17.8 Å². The predicted octanol–water partition coefficient (Wildman–Crippen LogP) is 0.420. The van der Waals surface area contributed by atoms with E-state index in [4.69, 9.17) is 5.73 Å². The summed E-state index contributed by atoms with van der Waals surface area (Å²) in [6, 6.07) is 2.16. The molecule has 0 spiro atoms. The van der Waals surface area contributed by atoms with E-state index < -0.39 is 0 Å². The zero-order chi connectivity index (χ0) is 12.5. The van der Waals surface area contributed by atoms with Crippen LogP contribution in [0.3, 0.4) is 0 Å². The molecule has 0 saturated carbocycles. The van der Waals surface area contributed by atoms with Crippen molar-refractivity contribution < 1.29 is 0 Å². The van der Waals surface area contributed by atoms with Gasteiger partial charge in [0.05, 0.1) is 11.9 Å². The molecule has 0 amide bonds. The van der Waals surface area contributed by atoms with Crippen molar-refractivity contribution >= 4 is 17.3 Å². The standard InChI is InChI=1S/C12H18N6/c1-9-7-10(17-5-2-3-14-4-6-17)8-18-11(9)15-12(13)16-18/h7-8,14H,2-6H2,1H3,(H2,13,16). The largest absolute Gasteiger partial charge is 0.369 e. The van der Waals surface area contributed by atoms with Crippen molar-refractivity contribution in [3.8, 4) is 0 Å². The molecule has 6 heteroatoms. The Morgan fingerprint density at radius 2 is 2.22 bits per heavy atom. The number of nitrogens with one attached hydrogen (secondary N) is 1. The Hall–Kier alpha value is -1.82. The first-order valence-corrected chi connectivity index (χ1v) is 6.32. The Bertz CT molecular complexity index is 553. The number of nitrogens with two attached hydrogens (primary N) is 1. The Kier molecular flexibility index (Phi) is 2.79. The van der Waals surface area contributed by atoms with Gasteiger partial charge in [-0.1, -0.05) is 0 Å². The Morgan fingerprint density at radius 3 is 3.11 bits per heavy atom. The van der Waals surface area contributed by atoms with E-state index in [1.165, 1.54) is 5.69 Å². The molecular formula is C12H18N6. The van der Waals surface area contributed by atoms with Gasteiger partial charge in [-0.05, 0) is 31.5 Å². The van der Waals surface area contributed by atoms with Gasteiger partial charge < -0.3 is 16.0 Å². The van der Waals surface area contributed by atoms with Gasteiger partial charge in [0.25, 0.3) is 0 Å². The molecule has 1 saturated heterocycles. The summed E-state index contributed by atoms with van der Waals surface area (Å²) in [5.74, 6) is 0.327. The molecule has 3 N–H and O–H groups in total. The van der Waals surface area contributed by atoms with E-state index >= 15 is 0 Å². The molecule has 1 fully saturated rings. The second-order valence-corrected chi connectivity index (χ2v) is 4.71. The lowest BCUT2D eigenvalue weighted by atomic mass is 10.2. The van der Waals surface area contributed by atoms with E-state index in [0.29, 0.717) is 5.95 Å². The number of nitrogens with zero attached hydrogens (tertiary/aromatic N) is 4. The number of aromatic nitrogens is 3. The normalized spacial score (nSPS) is 17.1. The Labute approximate surface area is 106 Å². The lowest BCUT2D eigenvalue weighted by Crippen LogP contribution is -2.28. The first-order valence-electron chi connectivity index (χ1n) is 6.32. The number of hydrogen-bond acceptors (Lipinski definition) is 5. The molecule has 2 aromatic rings. The van der Waals surface area contributed by atoms with Crippen LogP contribution in [0.1, 0.15) is 12.0 Å². The molecule has 96 valence electrons. The van der Waals surface area contributed by atoms with Gasteiger partial charge in [0.2, 0.25) is 5.95 Å². The van der Waals surface area contributed by atoms with E-state index in [1.54, 1.807) is 4.52 Å². The molecule has 0 atom stereocenters. The molecule has 1 aliphatic heterocycles. The van der Waals surface area contributed by atoms with Crippen LogP contribution in [0.2, 0.25) is 0 Å². The fraction of sp³-hybridized carbons (Fsp3) is 0.500. The number of rotatable bonds is 1. The highest BCUT2D eigenvalue weighted by molar-refractivity contribution is 5.58. The van der Waals surface area contributed by atoms with E-state index in [1.807, 2.05) is 13.1 Å². The summed E-state index contributed by atoms with van der Waals surface area (Å²) in [5.41, 5.74) is 8.78. The summed E-state index contributed by atoms with van der Waals surface area (Å²) in [6.45, 7) is 6.25. The summed E-state index contributed by atoms with van der Waals surface area (Å²) in [7, 11) is 0. The number of aryl methyl sites for hydroxylation is 1. The number of nitrogen functional groups attached to an aromatic ring is 1. The minimum absolute atomic E-state index is 0.327. The smallest absolute Gasteiger partial charge is 0.240 e. The van der Waals surface area contributed by atoms with Crippen molar-refractivity contribution in [2.45, 2.75) is 13.3 Å². The van der Waals surface area contributed by atoms with Crippen LogP contribution >= 0.6 is 0 Å². The van der Waals surface area contributed by atoms with E-state index in [9.17, 15) is 0 Å². The summed E-state index contributed by atoms with van der Waals surface area (Å²) in [4.78, 5) is 6.60. The van der Waals surface area contributed by atoms with Gasteiger partial charge in [0, 0.05) is 19.6 Å². The van der Waals surface area contributed by atoms with Crippen molar-refractivity contribution in [1.82, 2.24) is 19.9 Å². The van der Waals surface area contributed by atoms with E-state index in [2.05, 4.69) is 26.4 Å². The zero-order valence-corrected chi connectivity index (χ0v) is 10.6. The van der Waals surface area contributed by atoms with Crippen LogP contribution in [0.4, 0.5) is 11.6 Å². The first-order chi connectivity index (χ1) is 8.74. The number of anilines is 2. The molecule has 0 unspecified atom stereocenters. The van der Waals surface area contributed by atoms with Gasteiger partial charge in [-0.25, -0.2) is 4.52 Å². The summed E-state index contributed by atoms with van der Waals surface area (Å²) in [6.07, 6.45) is 3.17. The third kappa shape index (κ3) is 1.99. The number of hydrogen-bond donors (Lipinski definition) is 2. The number of fused-ring (bicyclic) bond motifs is 1. The topological polar surface area (TPSA) is 71.5 Å². The minimum atomic E-state index is 0.327. The third-order valence-corrected chi connectivity index (χ3v) is 3.32. The highest BCUT2D eigenvalue weighted by atomic mass is 15.3. The van der Waals surface area contributed by atoms with Crippen LogP contribution in [0.5, 0.6) is 0 Å². The van der Waals surface area contributed by atoms with Crippen molar-refractivity contribution in [3.63, 3.8) is 0 Å². The maximum Gasteiger partial charge on any atom is 0.240 e. The third-order valence-electron chi connectivity index (χ3n) is 3.32. The van der Waals surface area contributed by atoms with Gasteiger partial charge in [0.15, 0.2) is 5.65 Å². The monoisotopic (exact) mass is 246 g/mol. The van der Waals surface area contributed by atoms with Gasteiger partial charge >= 0.3 is 0 Å². The molecule has 0 bridgehead atoms. The van der Waals surface area contributed by atoms with Gasteiger partial charge in [0.1, 0.15) is 0 Å². The lowest BCUT2D eigenvalue weighted by Gasteiger charge is -2.22. The lowest BCUT2D eigenvalue weighted by molar-refractivity contribution is 0.724. The average Bonchev–Trinajstić information content (AvgIpc) is 2.58. The van der Waals surface area contributed by atoms with Crippen LogP contribution in [-0.2, 0) is 0 Å². The Balaban J connectivity index is 2.00. The van der Waals surface area contributed by atoms with Crippen molar-refractivity contribution in [2.24, 2.45) is 0 Å². The fourth-order valence-corrected chi connectivity index (χ4v) is 2.42. The molecule has 3 heterocycles. The first kappa shape index (κ1) is 11.3. The molecule has 0 radical (unpaired) electrons. The SMILES string of the molecule is Cc1cc(N2CCCNCC2)cn2nc(N)nc12. The van der Waals surface area contributed by atoms with Gasteiger partial charge in [-0.2, -0.15) is 4.98 Å². The average molecular weight is 246 g/mol. The highest BCUT2D eigenvalue weighted by Gasteiger charge is 2.12. The van der Waals surface area contributed by atoms with Gasteiger partial charge in [-0.3, -0.25) is 0 Å². The zero-order valence-electron chi connectivity index (χ0n) is 10.6. The summed E-state index contributed by atoms with van der Waals surface area (Å²) < 4.78 is 1.78. The number of pyridine rings is 1. The molecule has 1 aliphatic rings. The van der Waals surface area contributed by atoms with Crippen molar-refractivity contribution in [2.75, 3.05) is 36.8 Å². The van der Waals surface area contributed by atoms with Crippen LogP contribution in [0.25, 0.3) is 5.65 Å². The highest BCUT2D eigenvalue weighted by Crippen LogP contribution is 2.20. The Morgan fingerprint density at radius 1 is 1.33 bits per heavy atom. The van der Waals surface area contributed by atoms with Crippen LogP contribution in [0, 0.1) is 6.92 Å². The second kappa shape index (κ2) is 4.45. The van der Waals surface area contributed by atoms with Gasteiger partial charge in [-0.15, -0.1) is 5.10 Å². The summed E-state index contributed by atoms with van der Waals surface area (Å²) in [5, 5.41) is 7.60. The van der Waals surface area contributed by atoms with E-state index in [-0.39, 0.29) is 0 Å². The quantitative estimate of drug-likeness (QED) is 0.763. The second-order valence-electron chi connectivity index (χ2n) is 4.71. The molecule has 3 rings (SSSR count). The van der Waals surface area contributed by atoms with E-state index in [0.717, 1.165) is 43.8 Å². The maximum absolute atomic E-state index is 5.65. The molecule has 18 heavy (non-hydrogen) atoms.